The van der Waals surface area contributed by atoms with Crippen LogP contribution in [0.1, 0.15) is 34.9 Å². The quantitative estimate of drug-likeness (QED) is 0.618. The Labute approximate surface area is 119 Å². The number of benzene rings is 1. The molecule has 0 N–H and O–H groups in total. The smallest absolute Gasteiger partial charge is 0.396 e. The van der Waals surface area contributed by atoms with Gasteiger partial charge in [-0.15, -0.1) is 5.10 Å². The summed E-state index contributed by atoms with van der Waals surface area (Å²) in [6.07, 6.45) is 0. The molecule has 104 valence electrons. The molecule has 0 spiro atoms. The van der Waals surface area contributed by atoms with Gasteiger partial charge in [-0.1, -0.05) is 17.2 Å². The Bertz CT molecular complexity index is 622. The minimum Gasteiger partial charge on any atom is -0.459 e. The van der Waals surface area contributed by atoms with Gasteiger partial charge in [0.05, 0.1) is 6.61 Å². The topological polar surface area (TPSA) is 82.3 Å². The molecule has 0 saturated carbocycles. The number of hydrogen-bond donors (Lipinski definition) is 0. The van der Waals surface area contributed by atoms with E-state index in [0.29, 0.717) is 5.56 Å². The lowest BCUT2D eigenvalue weighted by Crippen LogP contribution is -2.04. The van der Waals surface area contributed by atoms with Crippen LogP contribution in [0.3, 0.4) is 0 Å². The third kappa shape index (κ3) is 3.45. The van der Waals surface area contributed by atoms with E-state index in [2.05, 4.69) is 10.2 Å². The number of hydrogen-bond acceptors (Lipinski definition) is 7. The normalized spacial score (nSPS) is 10.3. The Hall–Kier alpha value is -2.15. The summed E-state index contributed by atoms with van der Waals surface area (Å²) < 4.78 is 9.93. The van der Waals surface area contributed by atoms with E-state index in [9.17, 15) is 9.59 Å². The lowest BCUT2D eigenvalue weighted by atomic mass is 10.2. The van der Waals surface area contributed by atoms with Crippen molar-refractivity contribution in [1.29, 1.82) is 0 Å². The van der Waals surface area contributed by atoms with Gasteiger partial charge in [-0.2, -0.15) is 0 Å². The zero-order valence-electron chi connectivity index (χ0n) is 11.0. The highest BCUT2D eigenvalue weighted by molar-refractivity contribution is 7.99. The van der Waals surface area contributed by atoms with Gasteiger partial charge < -0.3 is 9.15 Å². The Kier molecular flexibility index (Phi) is 4.52. The minimum atomic E-state index is -0.640. The number of carbonyl (C=O) groups excluding carboxylic acids is 2. The molecule has 2 rings (SSSR count). The summed E-state index contributed by atoms with van der Waals surface area (Å²) in [6.45, 7) is 3.45. The molecule has 0 fully saturated rings. The monoisotopic (exact) mass is 292 g/mol. The van der Waals surface area contributed by atoms with Gasteiger partial charge in [0.15, 0.2) is 5.78 Å². The van der Waals surface area contributed by atoms with Crippen molar-refractivity contribution >= 4 is 23.5 Å². The van der Waals surface area contributed by atoms with Gasteiger partial charge in [-0.3, -0.25) is 4.79 Å². The number of ketones is 1. The first-order valence-corrected chi connectivity index (χ1v) is 6.71. The zero-order valence-corrected chi connectivity index (χ0v) is 11.8. The van der Waals surface area contributed by atoms with E-state index < -0.39 is 5.97 Å². The van der Waals surface area contributed by atoms with Crippen molar-refractivity contribution in [3.05, 3.63) is 35.7 Å². The van der Waals surface area contributed by atoms with Crippen LogP contribution in [0.25, 0.3) is 0 Å². The largest absolute Gasteiger partial charge is 0.459 e. The Morgan fingerprint density at radius 3 is 2.55 bits per heavy atom. The maximum Gasteiger partial charge on any atom is 0.396 e. The van der Waals surface area contributed by atoms with Crippen molar-refractivity contribution in [1.82, 2.24) is 10.2 Å². The molecular weight excluding hydrogens is 280 g/mol. The molecule has 0 aliphatic carbocycles. The van der Waals surface area contributed by atoms with Gasteiger partial charge in [0.25, 0.3) is 5.22 Å². The predicted octanol–water partition coefficient (Wildman–Crippen LogP) is 2.60. The first-order valence-electron chi connectivity index (χ1n) is 5.89. The molecule has 0 atom stereocenters. The molecule has 1 heterocycles. The summed E-state index contributed by atoms with van der Waals surface area (Å²) >= 11 is 1.20. The van der Waals surface area contributed by atoms with Crippen molar-refractivity contribution in [3.8, 4) is 0 Å². The second-order valence-corrected chi connectivity index (χ2v) is 4.80. The van der Waals surface area contributed by atoms with Crippen molar-refractivity contribution in [3.63, 3.8) is 0 Å². The van der Waals surface area contributed by atoms with Crippen LogP contribution in [0.5, 0.6) is 0 Å². The van der Waals surface area contributed by atoms with Crippen LogP contribution in [-0.4, -0.2) is 28.6 Å². The molecule has 2 aromatic rings. The number of Topliss-reactive ketones (excluding diaryl/α,β-unsaturated/α-hetero) is 1. The molecule has 1 aromatic carbocycles. The van der Waals surface area contributed by atoms with Gasteiger partial charge in [0, 0.05) is 10.5 Å². The second-order valence-electron chi connectivity index (χ2n) is 3.78. The molecule has 0 amide bonds. The lowest BCUT2D eigenvalue weighted by Gasteiger charge is -1.98. The third-order valence-corrected chi connectivity index (χ3v) is 3.17. The summed E-state index contributed by atoms with van der Waals surface area (Å²) in [5.74, 6) is -0.808. The number of nitrogens with zero attached hydrogens (tertiary/aromatic N) is 2. The molecule has 0 aliphatic heterocycles. The van der Waals surface area contributed by atoms with Crippen LogP contribution in [0, 0.1) is 0 Å². The standard InChI is InChI=1S/C13H12N2O4S/c1-3-18-12(17)11-14-15-13(19-11)20-10-6-4-9(5-7-10)8(2)16/h4-7H,3H2,1-2H3. The second kappa shape index (κ2) is 6.33. The van der Waals surface area contributed by atoms with Crippen LogP contribution in [0.2, 0.25) is 0 Å². The average Bonchev–Trinajstić information content (AvgIpc) is 2.88. The van der Waals surface area contributed by atoms with E-state index >= 15 is 0 Å². The third-order valence-electron chi connectivity index (χ3n) is 2.32. The van der Waals surface area contributed by atoms with Crippen molar-refractivity contribution < 1.29 is 18.7 Å². The molecule has 7 heteroatoms. The molecule has 0 bridgehead atoms. The highest BCUT2D eigenvalue weighted by Gasteiger charge is 2.16. The molecule has 0 saturated heterocycles. The highest BCUT2D eigenvalue weighted by atomic mass is 32.2. The van der Waals surface area contributed by atoms with Crippen molar-refractivity contribution in [2.45, 2.75) is 24.0 Å². The molecule has 0 aliphatic rings. The Balaban J connectivity index is 2.06. The molecule has 20 heavy (non-hydrogen) atoms. The van der Waals surface area contributed by atoms with Crippen LogP contribution in [0.15, 0.2) is 38.8 Å². The average molecular weight is 292 g/mol. The number of aromatic nitrogens is 2. The van der Waals surface area contributed by atoms with Crippen LogP contribution in [0.4, 0.5) is 0 Å². The van der Waals surface area contributed by atoms with E-state index in [4.69, 9.17) is 9.15 Å². The summed E-state index contributed by atoms with van der Waals surface area (Å²) in [4.78, 5) is 23.3. The highest BCUT2D eigenvalue weighted by Crippen LogP contribution is 2.26. The van der Waals surface area contributed by atoms with E-state index in [0.717, 1.165) is 4.90 Å². The number of ether oxygens (including phenoxy) is 1. The minimum absolute atomic E-state index is 0.00365. The summed E-state index contributed by atoms with van der Waals surface area (Å²) in [5, 5.41) is 7.60. The van der Waals surface area contributed by atoms with Gasteiger partial charge in [0.2, 0.25) is 0 Å². The van der Waals surface area contributed by atoms with Crippen LogP contribution < -0.4 is 0 Å². The van der Waals surface area contributed by atoms with Crippen molar-refractivity contribution in [2.75, 3.05) is 6.61 Å². The van der Waals surface area contributed by atoms with E-state index in [1.165, 1.54) is 18.7 Å². The summed E-state index contributed by atoms with van der Waals surface area (Å²) in [7, 11) is 0. The fraction of sp³-hybridized carbons (Fsp3) is 0.231. The number of carbonyl (C=O) groups is 2. The fourth-order valence-corrected chi connectivity index (χ4v) is 2.06. The lowest BCUT2D eigenvalue weighted by molar-refractivity contribution is 0.0475. The fourth-order valence-electron chi connectivity index (χ4n) is 1.38. The summed E-state index contributed by atoms with van der Waals surface area (Å²) in [5.41, 5.74) is 0.632. The number of rotatable bonds is 5. The van der Waals surface area contributed by atoms with Crippen LogP contribution in [-0.2, 0) is 4.74 Å². The SMILES string of the molecule is CCOC(=O)c1nnc(Sc2ccc(C(C)=O)cc2)o1. The molecular formula is C13H12N2O4S. The van der Waals surface area contributed by atoms with Crippen molar-refractivity contribution in [2.24, 2.45) is 0 Å². The molecule has 6 nitrogen and oxygen atoms in total. The predicted molar refractivity (Wildman–Crippen MR) is 70.8 cm³/mol. The first-order chi connectivity index (χ1) is 9.60. The van der Waals surface area contributed by atoms with Gasteiger partial charge in [-0.05, 0) is 37.7 Å². The first kappa shape index (κ1) is 14.3. The van der Waals surface area contributed by atoms with E-state index in [1.807, 2.05) is 0 Å². The number of esters is 1. The molecule has 0 radical (unpaired) electrons. The maximum absolute atomic E-state index is 11.4. The zero-order chi connectivity index (χ0) is 14.5. The summed E-state index contributed by atoms with van der Waals surface area (Å²) in [6, 6.07) is 6.98. The maximum atomic E-state index is 11.4. The van der Waals surface area contributed by atoms with Crippen LogP contribution >= 0.6 is 11.8 Å². The Morgan fingerprint density at radius 1 is 1.25 bits per heavy atom. The van der Waals surface area contributed by atoms with Gasteiger partial charge in [0.1, 0.15) is 0 Å². The van der Waals surface area contributed by atoms with Gasteiger partial charge >= 0.3 is 11.9 Å². The van der Waals surface area contributed by atoms with E-state index in [1.54, 1.807) is 31.2 Å². The van der Waals surface area contributed by atoms with Gasteiger partial charge in [-0.25, -0.2) is 4.79 Å². The molecule has 0 unspecified atom stereocenters. The Morgan fingerprint density at radius 2 is 1.95 bits per heavy atom. The molecule has 1 aromatic heterocycles. The van der Waals surface area contributed by atoms with E-state index in [-0.39, 0.29) is 23.5 Å².